The summed E-state index contributed by atoms with van der Waals surface area (Å²) >= 11 is 0. The van der Waals surface area contributed by atoms with Gasteiger partial charge in [0.2, 0.25) is 0 Å². The quantitative estimate of drug-likeness (QED) is 0.575. The summed E-state index contributed by atoms with van der Waals surface area (Å²) in [6.07, 6.45) is 3.48. The fourth-order valence-electron chi connectivity index (χ4n) is 1.89. The van der Waals surface area contributed by atoms with Crippen molar-refractivity contribution in [1.29, 1.82) is 0 Å². The molecule has 0 unspecified atom stereocenters. The molecule has 0 spiro atoms. The molecule has 0 saturated heterocycles. The number of hydrogen-bond donors (Lipinski definition) is 0. The maximum atomic E-state index is 10.3. The molecule has 0 amide bonds. The van der Waals surface area contributed by atoms with E-state index in [9.17, 15) is 4.79 Å². The molecular weight excluding hydrogens is 212 g/mol. The van der Waals surface area contributed by atoms with Gasteiger partial charge in [-0.25, -0.2) is 0 Å². The summed E-state index contributed by atoms with van der Waals surface area (Å²) in [6.45, 7) is 6.54. The Balaban J connectivity index is 2.93. The van der Waals surface area contributed by atoms with Crippen LogP contribution in [0.2, 0.25) is 0 Å². The lowest BCUT2D eigenvalue weighted by atomic mass is 9.85. The highest BCUT2D eigenvalue weighted by Crippen LogP contribution is 2.32. The van der Waals surface area contributed by atoms with E-state index in [1.165, 1.54) is 11.1 Å². The molecule has 0 atom stereocenters. The zero-order valence-corrected chi connectivity index (χ0v) is 11.2. The van der Waals surface area contributed by atoms with Gasteiger partial charge in [0.05, 0.1) is 7.11 Å². The van der Waals surface area contributed by atoms with Crippen molar-refractivity contribution in [2.75, 3.05) is 7.11 Å². The molecule has 17 heavy (non-hydrogen) atoms. The van der Waals surface area contributed by atoms with Gasteiger partial charge >= 0.3 is 0 Å². The number of ether oxygens (including phenoxy) is 1. The van der Waals surface area contributed by atoms with Crippen LogP contribution in [0.25, 0.3) is 0 Å². The van der Waals surface area contributed by atoms with Crippen LogP contribution in [-0.2, 0) is 16.6 Å². The average Bonchev–Trinajstić information content (AvgIpc) is 2.28. The van der Waals surface area contributed by atoms with E-state index in [1.54, 1.807) is 7.11 Å². The van der Waals surface area contributed by atoms with Gasteiger partial charge in [-0.1, -0.05) is 32.9 Å². The molecule has 1 aromatic carbocycles. The summed E-state index contributed by atoms with van der Waals surface area (Å²) in [6, 6.07) is 6.30. The van der Waals surface area contributed by atoms with E-state index in [-0.39, 0.29) is 5.41 Å². The SMILES string of the molecule is COc1ccc(CCCC=O)cc1C(C)(C)C. The Morgan fingerprint density at radius 1 is 1.29 bits per heavy atom. The third-order valence-corrected chi connectivity index (χ3v) is 2.86. The van der Waals surface area contributed by atoms with Gasteiger partial charge in [0.25, 0.3) is 0 Å². The van der Waals surface area contributed by atoms with Crippen molar-refractivity contribution >= 4 is 6.29 Å². The number of unbranched alkanes of at least 4 members (excludes halogenated alkanes) is 1. The molecule has 0 aliphatic heterocycles. The molecule has 0 heterocycles. The Morgan fingerprint density at radius 3 is 2.53 bits per heavy atom. The summed E-state index contributed by atoms with van der Waals surface area (Å²) in [4.78, 5) is 10.3. The van der Waals surface area contributed by atoms with Crippen LogP contribution in [0.1, 0.15) is 44.7 Å². The molecule has 1 aromatic rings. The molecule has 94 valence electrons. The van der Waals surface area contributed by atoms with Crippen LogP contribution in [0.3, 0.4) is 0 Å². The smallest absolute Gasteiger partial charge is 0.122 e. The highest BCUT2D eigenvalue weighted by Gasteiger charge is 2.18. The number of aryl methyl sites for hydroxylation is 1. The molecule has 0 fully saturated rings. The molecular formula is C15H22O2. The van der Waals surface area contributed by atoms with Crippen molar-refractivity contribution in [3.05, 3.63) is 29.3 Å². The van der Waals surface area contributed by atoms with E-state index in [1.807, 2.05) is 6.07 Å². The Kier molecular flexibility index (Phi) is 4.73. The highest BCUT2D eigenvalue weighted by atomic mass is 16.5. The molecule has 0 bridgehead atoms. The lowest BCUT2D eigenvalue weighted by Crippen LogP contribution is -2.13. The first kappa shape index (κ1) is 13.8. The maximum Gasteiger partial charge on any atom is 0.122 e. The first-order valence-electron chi connectivity index (χ1n) is 6.10. The number of carbonyl (C=O) groups is 1. The summed E-state index contributed by atoms with van der Waals surface area (Å²) in [5, 5.41) is 0. The molecule has 2 nitrogen and oxygen atoms in total. The van der Waals surface area contributed by atoms with Crippen LogP contribution in [0.5, 0.6) is 5.75 Å². The highest BCUT2D eigenvalue weighted by molar-refractivity contribution is 5.49. The summed E-state index contributed by atoms with van der Waals surface area (Å²) < 4.78 is 5.40. The lowest BCUT2D eigenvalue weighted by molar-refractivity contribution is -0.107. The van der Waals surface area contributed by atoms with E-state index in [0.29, 0.717) is 6.42 Å². The number of rotatable bonds is 5. The molecule has 0 saturated carbocycles. The fourth-order valence-corrected chi connectivity index (χ4v) is 1.89. The molecule has 0 aliphatic carbocycles. The summed E-state index contributed by atoms with van der Waals surface area (Å²) in [7, 11) is 1.70. The van der Waals surface area contributed by atoms with Crippen molar-refractivity contribution in [3.63, 3.8) is 0 Å². The van der Waals surface area contributed by atoms with E-state index in [4.69, 9.17) is 4.74 Å². The van der Waals surface area contributed by atoms with E-state index < -0.39 is 0 Å². The largest absolute Gasteiger partial charge is 0.496 e. The third kappa shape index (κ3) is 3.88. The standard InChI is InChI=1S/C15H22O2/c1-15(2,3)13-11-12(7-5-6-10-16)8-9-14(13)17-4/h8-11H,5-7H2,1-4H3. The van der Waals surface area contributed by atoms with Crippen LogP contribution in [0.15, 0.2) is 18.2 Å². The second-order valence-corrected chi connectivity index (χ2v) is 5.34. The minimum atomic E-state index is 0.0754. The Labute approximate surface area is 104 Å². The molecule has 1 rings (SSSR count). The van der Waals surface area contributed by atoms with Gasteiger partial charge in [0.15, 0.2) is 0 Å². The number of hydrogen-bond acceptors (Lipinski definition) is 2. The minimum Gasteiger partial charge on any atom is -0.496 e. The second kappa shape index (κ2) is 5.85. The lowest BCUT2D eigenvalue weighted by Gasteiger charge is -2.23. The van der Waals surface area contributed by atoms with Crippen LogP contribution in [-0.4, -0.2) is 13.4 Å². The molecule has 0 N–H and O–H groups in total. The minimum absolute atomic E-state index is 0.0754. The van der Waals surface area contributed by atoms with Crippen LogP contribution in [0.4, 0.5) is 0 Å². The topological polar surface area (TPSA) is 26.3 Å². The normalized spacial score (nSPS) is 11.3. The van der Waals surface area contributed by atoms with Crippen molar-refractivity contribution in [3.8, 4) is 5.75 Å². The molecule has 0 aliphatic rings. The predicted octanol–water partition coefficient (Wildman–Crippen LogP) is 3.51. The molecule has 0 aromatic heterocycles. The van der Waals surface area contributed by atoms with Crippen molar-refractivity contribution in [2.24, 2.45) is 0 Å². The summed E-state index contributed by atoms with van der Waals surface area (Å²) in [5.74, 6) is 0.941. The zero-order valence-electron chi connectivity index (χ0n) is 11.2. The summed E-state index contributed by atoms with van der Waals surface area (Å²) in [5.41, 5.74) is 2.58. The van der Waals surface area contributed by atoms with Crippen molar-refractivity contribution in [2.45, 2.75) is 45.4 Å². The van der Waals surface area contributed by atoms with Gasteiger partial charge in [0, 0.05) is 6.42 Å². The van der Waals surface area contributed by atoms with Gasteiger partial charge in [0.1, 0.15) is 12.0 Å². The number of methoxy groups -OCH3 is 1. The number of carbonyl (C=O) groups excluding carboxylic acids is 1. The van der Waals surface area contributed by atoms with E-state index >= 15 is 0 Å². The van der Waals surface area contributed by atoms with Gasteiger partial charge < -0.3 is 9.53 Å². The zero-order chi connectivity index (χ0) is 12.9. The Bertz CT molecular complexity index is 375. The average molecular weight is 234 g/mol. The van der Waals surface area contributed by atoms with Crippen LogP contribution >= 0.6 is 0 Å². The van der Waals surface area contributed by atoms with Crippen LogP contribution < -0.4 is 4.74 Å². The molecule has 2 heteroatoms. The van der Waals surface area contributed by atoms with Crippen molar-refractivity contribution < 1.29 is 9.53 Å². The predicted molar refractivity (Wildman–Crippen MR) is 70.7 cm³/mol. The Morgan fingerprint density at radius 2 is 2.00 bits per heavy atom. The maximum absolute atomic E-state index is 10.3. The van der Waals surface area contributed by atoms with Gasteiger partial charge in [-0.05, 0) is 35.4 Å². The van der Waals surface area contributed by atoms with Gasteiger partial charge in [-0.2, -0.15) is 0 Å². The monoisotopic (exact) mass is 234 g/mol. The van der Waals surface area contributed by atoms with E-state index in [2.05, 4.69) is 32.9 Å². The van der Waals surface area contributed by atoms with Gasteiger partial charge in [-0.3, -0.25) is 0 Å². The fraction of sp³-hybridized carbons (Fsp3) is 0.533. The first-order valence-corrected chi connectivity index (χ1v) is 6.10. The Hall–Kier alpha value is -1.31. The number of benzene rings is 1. The first-order chi connectivity index (χ1) is 7.99. The third-order valence-electron chi connectivity index (χ3n) is 2.86. The van der Waals surface area contributed by atoms with Crippen LogP contribution in [0, 0.1) is 0 Å². The second-order valence-electron chi connectivity index (χ2n) is 5.34. The van der Waals surface area contributed by atoms with Gasteiger partial charge in [-0.15, -0.1) is 0 Å². The molecule has 0 radical (unpaired) electrons. The number of aldehydes is 1. The van der Waals surface area contributed by atoms with E-state index in [0.717, 1.165) is 24.9 Å². The van der Waals surface area contributed by atoms with Crippen molar-refractivity contribution in [1.82, 2.24) is 0 Å².